The number of aromatic nitrogens is 1. The Morgan fingerprint density at radius 2 is 2.15 bits per heavy atom. The monoisotopic (exact) mass is 302 g/mol. The number of nitrogens with one attached hydrogen (secondary N) is 1. The quantitative estimate of drug-likeness (QED) is 0.541. The van der Waals surface area contributed by atoms with Crippen molar-refractivity contribution in [2.75, 3.05) is 32.2 Å². The molecule has 0 aliphatic heterocycles. The molecule has 0 saturated heterocycles. The lowest BCUT2D eigenvalue weighted by Gasteiger charge is -2.23. The molecule has 3 N–H and O–H groups in total. The van der Waals surface area contributed by atoms with E-state index < -0.39 is 10.0 Å². The summed E-state index contributed by atoms with van der Waals surface area (Å²) >= 11 is 0. The van der Waals surface area contributed by atoms with E-state index in [2.05, 4.69) is 10.4 Å². The Hall–Kier alpha value is -1.22. The number of hydrazine groups is 1. The van der Waals surface area contributed by atoms with Gasteiger partial charge < -0.3 is 10.2 Å². The molecule has 0 aromatic carbocycles. The number of nitrogens with zero attached hydrogens (tertiary/aromatic N) is 2. The molecule has 7 nitrogen and oxygen atoms in total. The summed E-state index contributed by atoms with van der Waals surface area (Å²) in [5.74, 6) is 5.85. The van der Waals surface area contributed by atoms with Crippen molar-refractivity contribution < 1.29 is 13.2 Å². The van der Waals surface area contributed by atoms with E-state index in [-0.39, 0.29) is 10.8 Å². The fraction of sp³-hybridized carbons (Fsp3) is 0.583. The Kier molecular flexibility index (Phi) is 6.34. The van der Waals surface area contributed by atoms with Crippen molar-refractivity contribution in [2.45, 2.75) is 18.7 Å². The first-order chi connectivity index (χ1) is 9.41. The van der Waals surface area contributed by atoms with Gasteiger partial charge in [0.15, 0.2) is 0 Å². The average molecular weight is 302 g/mol. The fourth-order valence-electron chi connectivity index (χ4n) is 1.68. The number of nitrogen functional groups attached to an aromatic ring is 1. The van der Waals surface area contributed by atoms with Crippen molar-refractivity contribution in [3.63, 3.8) is 0 Å². The zero-order valence-corrected chi connectivity index (χ0v) is 12.9. The van der Waals surface area contributed by atoms with Gasteiger partial charge in [-0.2, -0.15) is 4.31 Å². The Morgan fingerprint density at radius 3 is 2.60 bits per heavy atom. The number of pyridine rings is 1. The summed E-state index contributed by atoms with van der Waals surface area (Å²) < 4.78 is 31.5. The smallest absolute Gasteiger partial charge is 0.244 e. The number of rotatable bonds is 8. The molecule has 1 aromatic rings. The van der Waals surface area contributed by atoms with Crippen molar-refractivity contribution in [1.82, 2.24) is 9.29 Å². The van der Waals surface area contributed by atoms with Crippen LogP contribution in [-0.2, 0) is 14.8 Å². The highest BCUT2D eigenvalue weighted by atomic mass is 32.2. The summed E-state index contributed by atoms with van der Waals surface area (Å²) in [6.07, 6.45) is 1.30. The van der Waals surface area contributed by atoms with Gasteiger partial charge in [-0.05, 0) is 18.1 Å². The standard InChI is InChI=1S/C12H22N4O3S/c1-10(2)9-16(6-7-19-3)20(17,18)11-4-5-12(15-13)14-8-11/h4-5,8,10H,6-7,9,13H2,1-3H3,(H,14,15). The Balaban J connectivity index is 3.00. The van der Waals surface area contributed by atoms with Crippen LogP contribution in [0, 0.1) is 5.92 Å². The molecule has 0 aliphatic carbocycles. The number of anilines is 1. The lowest BCUT2D eigenvalue weighted by molar-refractivity contribution is 0.175. The minimum Gasteiger partial charge on any atom is -0.383 e. The van der Waals surface area contributed by atoms with Crippen LogP contribution in [0.15, 0.2) is 23.2 Å². The summed E-state index contributed by atoms with van der Waals surface area (Å²) in [6, 6.07) is 3.01. The average Bonchev–Trinajstić information content (AvgIpc) is 2.43. The lowest BCUT2D eigenvalue weighted by Crippen LogP contribution is -2.36. The molecule has 114 valence electrons. The van der Waals surface area contributed by atoms with Gasteiger partial charge in [-0.1, -0.05) is 13.8 Å². The van der Waals surface area contributed by atoms with Gasteiger partial charge in [0.2, 0.25) is 10.0 Å². The van der Waals surface area contributed by atoms with E-state index in [9.17, 15) is 8.42 Å². The highest BCUT2D eigenvalue weighted by Gasteiger charge is 2.25. The molecule has 1 rings (SSSR count). The predicted molar refractivity (Wildman–Crippen MR) is 77.5 cm³/mol. The van der Waals surface area contributed by atoms with Crippen LogP contribution < -0.4 is 11.3 Å². The largest absolute Gasteiger partial charge is 0.383 e. The van der Waals surface area contributed by atoms with Crippen LogP contribution in [0.5, 0.6) is 0 Å². The highest BCUT2D eigenvalue weighted by molar-refractivity contribution is 7.89. The molecule has 0 atom stereocenters. The third-order valence-corrected chi connectivity index (χ3v) is 4.48. The molecular weight excluding hydrogens is 280 g/mol. The van der Waals surface area contributed by atoms with Crippen LogP contribution in [0.4, 0.5) is 5.82 Å². The summed E-state index contributed by atoms with van der Waals surface area (Å²) in [6.45, 7) is 5.03. The molecule has 0 fully saturated rings. The van der Waals surface area contributed by atoms with E-state index in [1.807, 2.05) is 13.8 Å². The normalized spacial score (nSPS) is 12.1. The van der Waals surface area contributed by atoms with Crippen molar-refractivity contribution in [3.05, 3.63) is 18.3 Å². The highest BCUT2D eigenvalue weighted by Crippen LogP contribution is 2.17. The molecule has 0 saturated carbocycles. The molecular formula is C12H22N4O3S. The second-order valence-electron chi connectivity index (χ2n) is 4.77. The molecule has 1 heterocycles. The number of methoxy groups -OCH3 is 1. The van der Waals surface area contributed by atoms with Crippen LogP contribution >= 0.6 is 0 Å². The molecule has 0 amide bonds. The third-order valence-electron chi connectivity index (χ3n) is 2.64. The summed E-state index contributed by atoms with van der Waals surface area (Å²) in [5, 5.41) is 0. The van der Waals surface area contributed by atoms with E-state index in [0.29, 0.717) is 25.5 Å². The van der Waals surface area contributed by atoms with Crippen LogP contribution in [0.2, 0.25) is 0 Å². The molecule has 0 aliphatic rings. The van der Waals surface area contributed by atoms with Crippen LogP contribution in [0.1, 0.15) is 13.8 Å². The van der Waals surface area contributed by atoms with Gasteiger partial charge >= 0.3 is 0 Å². The van der Waals surface area contributed by atoms with Crippen LogP contribution in [0.25, 0.3) is 0 Å². The zero-order chi connectivity index (χ0) is 15.2. The second kappa shape index (κ2) is 7.53. The van der Waals surface area contributed by atoms with E-state index in [1.165, 1.54) is 22.6 Å². The van der Waals surface area contributed by atoms with E-state index in [1.54, 1.807) is 7.11 Å². The van der Waals surface area contributed by atoms with E-state index >= 15 is 0 Å². The minimum atomic E-state index is -3.57. The first-order valence-electron chi connectivity index (χ1n) is 6.33. The lowest BCUT2D eigenvalue weighted by atomic mass is 10.2. The molecule has 0 unspecified atom stereocenters. The summed E-state index contributed by atoms with van der Waals surface area (Å²) in [7, 11) is -2.03. The molecule has 20 heavy (non-hydrogen) atoms. The summed E-state index contributed by atoms with van der Waals surface area (Å²) in [4.78, 5) is 4.08. The molecule has 8 heteroatoms. The fourth-order valence-corrected chi connectivity index (χ4v) is 3.21. The van der Waals surface area contributed by atoms with Gasteiger partial charge in [0.1, 0.15) is 10.7 Å². The maximum Gasteiger partial charge on any atom is 0.244 e. The predicted octanol–water partition coefficient (Wildman–Crippen LogP) is 0.660. The Bertz CT molecular complexity index is 502. The topological polar surface area (TPSA) is 97.5 Å². The van der Waals surface area contributed by atoms with E-state index in [0.717, 1.165) is 0 Å². The molecule has 0 bridgehead atoms. The third kappa shape index (κ3) is 4.41. The number of sulfonamides is 1. The van der Waals surface area contributed by atoms with E-state index in [4.69, 9.17) is 10.6 Å². The number of hydrogen-bond donors (Lipinski definition) is 2. The van der Waals surface area contributed by atoms with Crippen molar-refractivity contribution >= 4 is 15.8 Å². The van der Waals surface area contributed by atoms with Crippen molar-refractivity contribution in [2.24, 2.45) is 11.8 Å². The number of hydrogen-bond acceptors (Lipinski definition) is 6. The van der Waals surface area contributed by atoms with Gasteiger partial charge in [0, 0.05) is 26.4 Å². The van der Waals surface area contributed by atoms with Gasteiger partial charge in [0.05, 0.1) is 6.61 Å². The second-order valence-corrected chi connectivity index (χ2v) is 6.71. The van der Waals surface area contributed by atoms with Crippen LogP contribution in [0.3, 0.4) is 0 Å². The van der Waals surface area contributed by atoms with Gasteiger partial charge in [-0.3, -0.25) is 0 Å². The first kappa shape index (κ1) is 16.8. The van der Waals surface area contributed by atoms with Crippen LogP contribution in [-0.4, -0.2) is 44.5 Å². The number of nitrogens with two attached hydrogens (primary N) is 1. The molecule has 1 aromatic heterocycles. The number of ether oxygens (including phenoxy) is 1. The first-order valence-corrected chi connectivity index (χ1v) is 7.77. The Labute approximate surface area is 120 Å². The zero-order valence-electron chi connectivity index (χ0n) is 12.0. The van der Waals surface area contributed by atoms with Gasteiger partial charge in [-0.25, -0.2) is 19.2 Å². The maximum absolute atomic E-state index is 12.6. The maximum atomic E-state index is 12.6. The van der Waals surface area contributed by atoms with Crippen molar-refractivity contribution in [3.8, 4) is 0 Å². The summed E-state index contributed by atoms with van der Waals surface area (Å²) in [5.41, 5.74) is 2.36. The van der Waals surface area contributed by atoms with Gasteiger partial charge in [0.25, 0.3) is 0 Å². The Morgan fingerprint density at radius 1 is 1.45 bits per heavy atom. The van der Waals surface area contributed by atoms with Crippen molar-refractivity contribution in [1.29, 1.82) is 0 Å². The van der Waals surface area contributed by atoms with Gasteiger partial charge in [-0.15, -0.1) is 0 Å². The SMILES string of the molecule is COCCN(CC(C)C)S(=O)(=O)c1ccc(NN)nc1. The molecule has 0 radical (unpaired) electrons. The molecule has 0 spiro atoms. The minimum absolute atomic E-state index is 0.147.